The van der Waals surface area contributed by atoms with Gasteiger partial charge in [0.25, 0.3) is 0 Å². The minimum Gasteiger partial charge on any atom is -0.466 e. The van der Waals surface area contributed by atoms with E-state index in [4.69, 9.17) is 16.2 Å². The first-order valence-electron chi connectivity index (χ1n) is 5.43. The summed E-state index contributed by atoms with van der Waals surface area (Å²) in [4.78, 5) is 10.6. The van der Waals surface area contributed by atoms with E-state index in [1.807, 2.05) is 0 Å². The molecule has 1 atom stereocenters. The van der Waals surface area contributed by atoms with Crippen LogP contribution in [0, 0.1) is 0 Å². The molecule has 0 aliphatic rings. The van der Waals surface area contributed by atoms with Gasteiger partial charge in [-0.05, 0) is 11.6 Å². The standard InChI is InChI=1S/C11H10ClF3O5S/c1-6(16)19-3-2-7-4-8(11(13,14)15)10(5-9(7)12)20-21(17)18/h4-5H,2-3H2,1H3,(H,17,18). The van der Waals surface area contributed by atoms with Gasteiger partial charge < -0.3 is 8.92 Å². The lowest BCUT2D eigenvalue weighted by Gasteiger charge is -2.14. The fraction of sp³-hybridized carbons (Fsp3) is 0.364. The van der Waals surface area contributed by atoms with Crippen LogP contribution >= 0.6 is 11.6 Å². The van der Waals surface area contributed by atoms with Crippen LogP contribution in [0.15, 0.2) is 12.1 Å². The number of carbonyl (C=O) groups is 1. The summed E-state index contributed by atoms with van der Waals surface area (Å²) >= 11 is 2.87. The van der Waals surface area contributed by atoms with Crippen LogP contribution in [0.1, 0.15) is 18.1 Å². The third-order valence-corrected chi connectivity index (χ3v) is 2.97. The summed E-state index contributed by atoms with van der Waals surface area (Å²) in [5.74, 6) is -1.43. The maximum absolute atomic E-state index is 12.9. The molecule has 1 rings (SSSR count). The van der Waals surface area contributed by atoms with E-state index in [1.54, 1.807) is 0 Å². The minimum absolute atomic E-state index is 0.0377. The SMILES string of the molecule is CC(=O)OCCc1cc(C(F)(F)F)c(OS(=O)O)cc1Cl. The van der Waals surface area contributed by atoms with Gasteiger partial charge >= 0.3 is 23.5 Å². The zero-order valence-electron chi connectivity index (χ0n) is 10.6. The molecule has 0 fully saturated rings. The second-order valence-electron chi connectivity index (χ2n) is 3.83. The van der Waals surface area contributed by atoms with E-state index in [0.29, 0.717) is 6.07 Å². The predicted molar refractivity (Wildman–Crippen MR) is 68.2 cm³/mol. The molecular weight excluding hydrogens is 337 g/mol. The summed E-state index contributed by atoms with van der Waals surface area (Å²) in [6, 6.07) is 1.48. The molecule has 10 heteroatoms. The van der Waals surface area contributed by atoms with Gasteiger partial charge in [-0.15, -0.1) is 0 Å². The van der Waals surface area contributed by atoms with E-state index in [0.717, 1.165) is 13.0 Å². The molecule has 0 saturated carbocycles. The number of rotatable bonds is 5. The lowest BCUT2D eigenvalue weighted by molar-refractivity contribution is -0.141. The van der Waals surface area contributed by atoms with Gasteiger partial charge in [-0.3, -0.25) is 9.35 Å². The number of carbonyl (C=O) groups excluding carboxylic acids is 1. The molecule has 1 aromatic rings. The van der Waals surface area contributed by atoms with Crippen molar-refractivity contribution in [3.05, 3.63) is 28.3 Å². The van der Waals surface area contributed by atoms with Crippen molar-refractivity contribution in [2.45, 2.75) is 19.5 Å². The van der Waals surface area contributed by atoms with Crippen molar-refractivity contribution in [1.82, 2.24) is 0 Å². The summed E-state index contributed by atoms with van der Waals surface area (Å²) in [6.07, 6.45) is -4.83. The van der Waals surface area contributed by atoms with Crippen LogP contribution < -0.4 is 4.18 Å². The van der Waals surface area contributed by atoms with Gasteiger partial charge in [-0.2, -0.15) is 17.4 Å². The summed E-state index contributed by atoms with van der Waals surface area (Å²) < 4.78 is 66.5. The van der Waals surface area contributed by atoms with E-state index < -0.39 is 34.8 Å². The van der Waals surface area contributed by atoms with Crippen molar-refractivity contribution in [3.8, 4) is 5.75 Å². The van der Waals surface area contributed by atoms with Crippen molar-refractivity contribution in [2.75, 3.05) is 6.61 Å². The van der Waals surface area contributed by atoms with Gasteiger partial charge in [0.15, 0.2) is 5.75 Å². The molecule has 0 aromatic heterocycles. The Hall–Kier alpha value is -1.32. The van der Waals surface area contributed by atoms with Crippen molar-refractivity contribution in [1.29, 1.82) is 0 Å². The Balaban J connectivity index is 3.12. The Bertz CT molecular complexity index is 562. The maximum Gasteiger partial charge on any atom is 0.420 e. The first-order valence-corrected chi connectivity index (χ1v) is 6.84. The highest BCUT2D eigenvalue weighted by Gasteiger charge is 2.36. The summed E-state index contributed by atoms with van der Waals surface area (Å²) in [7, 11) is 0. The molecule has 0 saturated heterocycles. The highest BCUT2D eigenvalue weighted by atomic mass is 35.5. The molecule has 1 aromatic carbocycles. The molecule has 0 amide bonds. The molecule has 0 aliphatic heterocycles. The van der Waals surface area contributed by atoms with Crippen LogP contribution in [0.25, 0.3) is 0 Å². The van der Waals surface area contributed by atoms with Gasteiger partial charge in [0.1, 0.15) is 0 Å². The number of benzene rings is 1. The highest BCUT2D eigenvalue weighted by molar-refractivity contribution is 7.74. The van der Waals surface area contributed by atoms with E-state index in [9.17, 15) is 22.2 Å². The van der Waals surface area contributed by atoms with E-state index >= 15 is 0 Å². The fourth-order valence-electron chi connectivity index (χ4n) is 1.46. The maximum atomic E-state index is 12.9. The Morgan fingerprint density at radius 3 is 2.52 bits per heavy atom. The van der Waals surface area contributed by atoms with Crippen LogP contribution in [-0.4, -0.2) is 21.3 Å². The zero-order valence-corrected chi connectivity index (χ0v) is 12.1. The fourth-order valence-corrected chi connectivity index (χ4v) is 2.00. The topological polar surface area (TPSA) is 72.8 Å². The third kappa shape index (κ3) is 5.52. The third-order valence-electron chi connectivity index (χ3n) is 2.29. The molecule has 0 spiro atoms. The van der Waals surface area contributed by atoms with Gasteiger partial charge in [0.2, 0.25) is 0 Å². The Morgan fingerprint density at radius 1 is 1.43 bits per heavy atom. The van der Waals surface area contributed by atoms with Gasteiger partial charge in [0.05, 0.1) is 12.2 Å². The van der Waals surface area contributed by atoms with Crippen LogP contribution in [0.5, 0.6) is 5.75 Å². The van der Waals surface area contributed by atoms with Crippen molar-refractivity contribution in [3.63, 3.8) is 0 Å². The highest BCUT2D eigenvalue weighted by Crippen LogP contribution is 2.39. The minimum atomic E-state index is -4.80. The zero-order chi connectivity index (χ0) is 16.2. The first kappa shape index (κ1) is 17.7. The molecule has 1 N–H and O–H groups in total. The van der Waals surface area contributed by atoms with Crippen LogP contribution in [-0.2, 0) is 33.5 Å². The smallest absolute Gasteiger partial charge is 0.420 e. The Morgan fingerprint density at radius 2 is 2.05 bits per heavy atom. The number of alkyl halides is 3. The second kappa shape index (κ2) is 7.10. The second-order valence-corrected chi connectivity index (χ2v) is 4.84. The van der Waals surface area contributed by atoms with Crippen LogP contribution in [0.3, 0.4) is 0 Å². The lowest BCUT2D eigenvalue weighted by Crippen LogP contribution is -2.12. The van der Waals surface area contributed by atoms with E-state index in [1.165, 1.54) is 0 Å². The summed E-state index contributed by atoms with van der Waals surface area (Å²) in [5, 5.41) is -0.101. The van der Waals surface area contributed by atoms with Gasteiger partial charge in [0, 0.05) is 24.4 Å². The van der Waals surface area contributed by atoms with Crippen LogP contribution in [0.2, 0.25) is 5.02 Å². The summed E-state index contributed by atoms with van der Waals surface area (Å²) in [6.45, 7) is 1.02. The number of ether oxygens (including phenoxy) is 1. The quantitative estimate of drug-likeness (QED) is 0.655. The van der Waals surface area contributed by atoms with Crippen molar-refractivity contribution >= 4 is 28.9 Å². The normalized spacial score (nSPS) is 12.9. The lowest BCUT2D eigenvalue weighted by atomic mass is 10.1. The average molecular weight is 347 g/mol. The first-order chi connectivity index (χ1) is 9.61. The molecule has 21 heavy (non-hydrogen) atoms. The Kier molecular flexibility index (Phi) is 5.99. The number of esters is 1. The molecule has 0 heterocycles. The van der Waals surface area contributed by atoms with Gasteiger partial charge in [-0.25, -0.2) is 0 Å². The number of hydrogen-bond donors (Lipinski definition) is 1. The van der Waals surface area contributed by atoms with Crippen molar-refractivity contribution < 1.29 is 35.6 Å². The molecule has 118 valence electrons. The number of hydrogen-bond acceptors (Lipinski definition) is 4. The molecule has 0 bridgehead atoms. The largest absolute Gasteiger partial charge is 0.466 e. The molecule has 1 unspecified atom stereocenters. The molecule has 5 nitrogen and oxygen atoms in total. The molecule has 0 aliphatic carbocycles. The van der Waals surface area contributed by atoms with Crippen LogP contribution in [0.4, 0.5) is 13.2 Å². The Labute approximate surface area is 125 Å². The summed E-state index contributed by atoms with van der Waals surface area (Å²) in [5.41, 5.74) is -1.17. The van der Waals surface area contributed by atoms with E-state index in [2.05, 4.69) is 8.92 Å². The van der Waals surface area contributed by atoms with Crippen molar-refractivity contribution in [2.24, 2.45) is 0 Å². The molecular formula is C11H10ClF3O5S. The van der Waals surface area contributed by atoms with E-state index in [-0.39, 0.29) is 23.6 Å². The predicted octanol–water partition coefficient (Wildman–Crippen LogP) is 2.98. The average Bonchev–Trinajstić information content (AvgIpc) is 2.28. The van der Waals surface area contributed by atoms with Gasteiger partial charge in [-0.1, -0.05) is 11.6 Å². The number of halogens is 4. The molecule has 0 radical (unpaired) electrons. The monoisotopic (exact) mass is 346 g/mol.